The van der Waals surface area contributed by atoms with Crippen LogP contribution in [0.4, 0.5) is 0 Å². The first-order chi connectivity index (χ1) is 11.2. The molecule has 0 amide bonds. The van der Waals surface area contributed by atoms with Crippen LogP contribution < -0.4 is 9.46 Å². The Hall–Kier alpha value is -1.85. The highest BCUT2D eigenvalue weighted by molar-refractivity contribution is 7.89. The summed E-state index contributed by atoms with van der Waals surface area (Å²) in [6, 6.07) is 9.32. The average molecular weight is 347 g/mol. The Morgan fingerprint density at radius 3 is 2.12 bits per heavy atom. The zero-order valence-corrected chi connectivity index (χ0v) is 15.9. The zero-order chi connectivity index (χ0) is 18.1. The van der Waals surface area contributed by atoms with Crippen molar-refractivity contribution in [1.82, 2.24) is 4.72 Å². The third-order valence-corrected chi connectivity index (χ3v) is 6.21. The molecule has 5 heteroatoms. The first kappa shape index (κ1) is 18.5. The van der Waals surface area contributed by atoms with Gasteiger partial charge in [0.15, 0.2) is 0 Å². The Morgan fingerprint density at radius 2 is 1.58 bits per heavy atom. The van der Waals surface area contributed by atoms with Crippen molar-refractivity contribution in [3.8, 4) is 5.75 Å². The van der Waals surface area contributed by atoms with E-state index in [1.54, 1.807) is 20.1 Å². The average Bonchev–Trinajstić information content (AvgIpc) is 2.50. The van der Waals surface area contributed by atoms with Gasteiger partial charge in [-0.3, -0.25) is 0 Å². The van der Waals surface area contributed by atoms with E-state index in [0.717, 1.165) is 22.3 Å². The Kier molecular flexibility index (Phi) is 5.35. The molecule has 0 spiro atoms. The highest BCUT2D eigenvalue weighted by Crippen LogP contribution is 2.31. The van der Waals surface area contributed by atoms with Crippen LogP contribution in [-0.4, -0.2) is 15.5 Å². The predicted octanol–water partition coefficient (Wildman–Crippen LogP) is 3.97. The fraction of sp³-hybridized carbons (Fsp3) is 0.368. The fourth-order valence-electron chi connectivity index (χ4n) is 2.86. The maximum absolute atomic E-state index is 12.9. The van der Waals surface area contributed by atoms with E-state index in [2.05, 4.69) is 4.72 Å². The van der Waals surface area contributed by atoms with Gasteiger partial charge in [-0.25, -0.2) is 13.1 Å². The molecule has 0 aliphatic carbocycles. The minimum absolute atomic E-state index is 0.309. The summed E-state index contributed by atoms with van der Waals surface area (Å²) in [5.74, 6) is 0.704. The SMILES string of the molecule is COc1cc(C)c(S(=O)(=O)NC(C)c2ccc(C)cc2)c(C)c1C. The monoisotopic (exact) mass is 347 g/mol. The summed E-state index contributed by atoms with van der Waals surface area (Å²) in [5.41, 5.74) is 4.32. The van der Waals surface area contributed by atoms with Crippen molar-refractivity contribution in [2.45, 2.75) is 45.6 Å². The molecule has 0 aliphatic heterocycles. The van der Waals surface area contributed by atoms with Crippen LogP contribution >= 0.6 is 0 Å². The normalized spacial score (nSPS) is 12.9. The van der Waals surface area contributed by atoms with Crippen molar-refractivity contribution in [2.75, 3.05) is 7.11 Å². The van der Waals surface area contributed by atoms with E-state index in [0.29, 0.717) is 16.2 Å². The maximum atomic E-state index is 12.9. The molecular formula is C19H25NO3S. The molecule has 0 aliphatic rings. The van der Waals surface area contributed by atoms with E-state index >= 15 is 0 Å². The fourth-order valence-corrected chi connectivity index (χ4v) is 4.62. The van der Waals surface area contributed by atoms with Crippen molar-refractivity contribution in [3.63, 3.8) is 0 Å². The van der Waals surface area contributed by atoms with Crippen LogP contribution in [0.2, 0.25) is 0 Å². The van der Waals surface area contributed by atoms with E-state index < -0.39 is 10.0 Å². The lowest BCUT2D eigenvalue weighted by molar-refractivity contribution is 0.410. The molecule has 2 aromatic rings. The van der Waals surface area contributed by atoms with Gasteiger partial charge in [-0.2, -0.15) is 0 Å². The van der Waals surface area contributed by atoms with Crippen LogP contribution in [0.25, 0.3) is 0 Å². The van der Waals surface area contributed by atoms with E-state index in [1.807, 2.05) is 52.0 Å². The van der Waals surface area contributed by atoms with Gasteiger partial charge in [0, 0.05) is 6.04 Å². The molecule has 1 atom stereocenters. The second-order valence-electron chi connectivity index (χ2n) is 6.23. The van der Waals surface area contributed by atoms with Crippen LogP contribution in [0.3, 0.4) is 0 Å². The predicted molar refractivity (Wildman–Crippen MR) is 97.1 cm³/mol. The Bertz CT molecular complexity index is 840. The van der Waals surface area contributed by atoms with Crippen LogP contribution in [0.15, 0.2) is 35.2 Å². The number of methoxy groups -OCH3 is 1. The standard InChI is InChI=1S/C19H25NO3S/c1-12-7-9-17(10-8-12)16(5)20-24(21,22)19-13(2)11-18(23-6)14(3)15(19)4/h7-11,16,20H,1-6H3. The minimum Gasteiger partial charge on any atom is -0.496 e. The number of aryl methyl sites for hydroxylation is 2. The van der Waals surface area contributed by atoms with Gasteiger partial charge in [0.05, 0.1) is 12.0 Å². The van der Waals surface area contributed by atoms with Crippen LogP contribution in [-0.2, 0) is 10.0 Å². The Balaban J connectivity index is 2.41. The second kappa shape index (κ2) is 6.95. The molecule has 0 saturated carbocycles. The van der Waals surface area contributed by atoms with Gasteiger partial charge >= 0.3 is 0 Å². The van der Waals surface area contributed by atoms with Gasteiger partial charge in [0.1, 0.15) is 5.75 Å². The minimum atomic E-state index is -3.63. The molecule has 4 nitrogen and oxygen atoms in total. The van der Waals surface area contributed by atoms with Crippen LogP contribution in [0, 0.1) is 27.7 Å². The molecule has 0 fully saturated rings. The van der Waals surface area contributed by atoms with Gasteiger partial charge in [0.2, 0.25) is 10.0 Å². The molecule has 24 heavy (non-hydrogen) atoms. The Labute approximate surface area is 144 Å². The molecule has 2 rings (SSSR count). The summed E-state index contributed by atoms with van der Waals surface area (Å²) in [7, 11) is -2.04. The van der Waals surface area contributed by atoms with Gasteiger partial charge < -0.3 is 4.74 Å². The molecule has 0 bridgehead atoms. The van der Waals surface area contributed by atoms with Crippen molar-refractivity contribution in [3.05, 3.63) is 58.1 Å². The quantitative estimate of drug-likeness (QED) is 0.890. The van der Waals surface area contributed by atoms with Gasteiger partial charge in [-0.1, -0.05) is 29.8 Å². The molecular weight excluding hydrogens is 322 g/mol. The first-order valence-corrected chi connectivity index (χ1v) is 9.39. The molecule has 1 N–H and O–H groups in total. The molecule has 2 aromatic carbocycles. The highest BCUT2D eigenvalue weighted by atomic mass is 32.2. The number of nitrogens with one attached hydrogen (secondary N) is 1. The van der Waals surface area contributed by atoms with Gasteiger partial charge in [-0.05, 0) is 62.9 Å². The van der Waals surface area contributed by atoms with Crippen molar-refractivity contribution in [2.24, 2.45) is 0 Å². The molecule has 130 valence electrons. The molecule has 1 unspecified atom stereocenters. The number of hydrogen-bond acceptors (Lipinski definition) is 3. The van der Waals surface area contributed by atoms with Crippen LogP contribution in [0.1, 0.15) is 40.8 Å². The summed E-state index contributed by atoms with van der Waals surface area (Å²) < 4.78 is 34.0. The largest absolute Gasteiger partial charge is 0.496 e. The van der Waals surface area contributed by atoms with E-state index in [-0.39, 0.29) is 6.04 Å². The van der Waals surface area contributed by atoms with E-state index in [1.165, 1.54) is 0 Å². The van der Waals surface area contributed by atoms with E-state index in [4.69, 9.17) is 4.74 Å². The lowest BCUT2D eigenvalue weighted by atomic mass is 10.1. The summed E-state index contributed by atoms with van der Waals surface area (Å²) >= 11 is 0. The third kappa shape index (κ3) is 3.62. The molecule has 0 aromatic heterocycles. The summed E-state index contributed by atoms with van der Waals surface area (Å²) in [5, 5.41) is 0. The number of benzene rings is 2. The number of rotatable bonds is 5. The number of hydrogen-bond donors (Lipinski definition) is 1. The lowest BCUT2D eigenvalue weighted by Crippen LogP contribution is -2.28. The van der Waals surface area contributed by atoms with Crippen molar-refractivity contribution < 1.29 is 13.2 Å². The molecule has 0 saturated heterocycles. The summed E-state index contributed by atoms with van der Waals surface area (Å²) in [4.78, 5) is 0.333. The topological polar surface area (TPSA) is 55.4 Å². The number of ether oxygens (including phenoxy) is 1. The van der Waals surface area contributed by atoms with Gasteiger partial charge in [-0.15, -0.1) is 0 Å². The maximum Gasteiger partial charge on any atom is 0.241 e. The Morgan fingerprint density at radius 1 is 1.00 bits per heavy atom. The highest BCUT2D eigenvalue weighted by Gasteiger charge is 2.24. The van der Waals surface area contributed by atoms with Crippen molar-refractivity contribution >= 4 is 10.0 Å². The summed E-state index contributed by atoms with van der Waals surface area (Å²) in [6.45, 7) is 9.33. The first-order valence-electron chi connectivity index (χ1n) is 7.91. The van der Waals surface area contributed by atoms with Crippen molar-refractivity contribution in [1.29, 1.82) is 0 Å². The third-order valence-electron chi connectivity index (χ3n) is 4.38. The lowest BCUT2D eigenvalue weighted by Gasteiger charge is -2.19. The van der Waals surface area contributed by atoms with E-state index in [9.17, 15) is 8.42 Å². The molecule has 0 radical (unpaired) electrons. The number of sulfonamides is 1. The zero-order valence-electron chi connectivity index (χ0n) is 15.1. The summed E-state index contributed by atoms with van der Waals surface area (Å²) in [6.07, 6.45) is 0. The van der Waals surface area contributed by atoms with Gasteiger partial charge in [0.25, 0.3) is 0 Å². The smallest absolute Gasteiger partial charge is 0.241 e. The second-order valence-corrected chi connectivity index (χ2v) is 7.88. The molecule has 0 heterocycles. The van der Waals surface area contributed by atoms with Crippen LogP contribution in [0.5, 0.6) is 5.75 Å².